The predicted molar refractivity (Wildman–Crippen MR) is 80.9 cm³/mol. The quantitative estimate of drug-likeness (QED) is 0.846. The Kier molecular flexibility index (Phi) is 5.56. The van der Waals surface area contributed by atoms with Gasteiger partial charge in [0.25, 0.3) is 0 Å². The molecule has 1 aromatic carbocycles. The topological polar surface area (TPSA) is 75.3 Å². The van der Waals surface area contributed by atoms with Gasteiger partial charge in [-0.25, -0.2) is 8.42 Å². The molecule has 0 radical (unpaired) electrons. The molecule has 0 fully saturated rings. The molecule has 0 spiro atoms. The lowest BCUT2D eigenvalue weighted by Crippen LogP contribution is -2.28. The largest absolute Gasteiger partial charge is 0.349 e. The molecule has 1 aromatic rings. The lowest BCUT2D eigenvalue weighted by atomic mass is 10.1. The van der Waals surface area contributed by atoms with E-state index in [-0.39, 0.29) is 17.9 Å². The van der Waals surface area contributed by atoms with Crippen molar-refractivity contribution in [1.82, 2.24) is 5.32 Å². The highest BCUT2D eigenvalue weighted by molar-refractivity contribution is 7.92. The van der Waals surface area contributed by atoms with E-state index in [1.54, 1.807) is 18.2 Å². The van der Waals surface area contributed by atoms with Crippen LogP contribution in [0.2, 0.25) is 0 Å². The lowest BCUT2D eigenvalue weighted by Gasteiger charge is -2.19. The minimum atomic E-state index is -3.34. The van der Waals surface area contributed by atoms with Crippen LogP contribution in [0.15, 0.2) is 24.3 Å². The Bertz CT molecular complexity index is 568. The monoisotopic (exact) mass is 298 g/mol. The Morgan fingerprint density at radius 3 is 2.35 bits per heavy atom. The van der Waals surface area contributed by atoms with Gasteiger partial charge in [0.05, 0.1) is 18.0 Å². The van der Waals surface area contributed by atoms with Crippen molar-refractivity contribution >= 4 is 21.6 Å². The number of carbonyl (C=O) groups excluding carboxylic acids is 1. The summed E-state index contributed by atoms with van der Waals surface area (Å²) in [6.07, 6.45) is 1.55. The third-order valence-electron chi connectivity index (χ3n) is 2.69. The first kappa shape index (κ1) is 16.5. The van der Waals surface area contributed by atoms with Crippen LogP contribution in [0.1, 0.15) is 38.8 Å². The molecule has 20 heavy (non-hydrogen) atoms. The maximum Gasteiger partial charge on any atom is 0.229 e. The number of hydrogen-bond donors (Lipinski definition) is 2. The van der Waals surface area contributed by atoms with E-state index in [0.717, 1.165) is 11.8 Å². The van der Waals surface area contributed by atoms with E-state index in [4.69, 9.17) is 0 Å². The molecule has 1 amide bonds. The Hall–Kier alpha value is -1.56. The van der Waals surface area contributed by atoms with Crippen LogP contribution in [-0.2, 0) is 14.8 Å². The first-order valence-corrected chi connectivity index (χ1v) is 8.44. The standard InChI is InChI=1S/C14H22N2O3S/c1-10(2)9-14(17)15-11(3)12-7-5-6-8-13(12)16-20(4,18)19/h5-8,10-11,16H,9H2,1-4H3,(H,15,17)/t11-/m1/s1. The van der Waals surface area contributed by atoms with E-state index < -0.39 is 10.0 Å². The molecule has 1 rings (SSSR count). The molecule has 0 unspecified atom stereocenters. The molecular formula is C14H22N2O3S. The van der Waals surface area contributed by atoms with Gasteiger partial charge >= 0.3 is 0 Å². The molecule has 0 aliphatic carbocycles. The van der Waals surface area contributed by atoms with Gasteiger partial charge in [0.1, 0.15) is 0 Å². The summed E-state index contributed by atoms with van der Waals surface area (Å²) in [4.78, 5) is 11.8. The highest BCUT2D eigenvalue weighted by atomic mass is 32.2. The van der Waals surface area contributed by atoms with Gasteiger partial charge in [-0.2, -0.15) is 0 Å². The van der Waals surface area contributed by atoms with Crippen molar-refractivity contribution in [2.75, 3.05) is 11.0 Å². The Balaban J connectivity index is 2.87. The van der Waals surface area contributed by atoms with Gasteiger partial charge in [-0.15, -0.1) is 0 Å². The third-order valence-corrected chi connectivity index (χ3v) is 3.28. The number of nitrogens with one attached hydrogen (secondary N) is 2. The second-order valence-electron chi connectivity index (χ2n) is 5.35. The SMILES string of the molecule is CC(C)CC(=O)N[C@H](C)c1ccccc1NS(C)(=O)=O. The maximum atomic E-state index is 11.8. The van der Waals surface area contributed by atoms with Crippen LogP contribution in [0.5, 0.6) is 0 Å². The van der Waals surface area contributed by atoms with Gasteiger partial charge in [-0.3, -0.25) is 9.52 Å². The number of para-hydroxylation sites is 1. The molecule has 5 nitrogen and oxygen atoms in total. The fourth-order valence-electron chi connectivity index (χ4n) is 1.92. The second kappa shape index (κ2) is 6.74. The van der Waals surface area contributed by atoms with Crippen LogP contribution in [0, 0.1) is 5.92 Å². The van der Waals surface area contributed by atoms with Gasteiger partial charge < -0.3 is 5.32 Å². The number of carbonyl (C=O) groups is 1. The zero-order valence-corrected chi connectivity index (χ0v) is 13.1. The van der Waals surface area contributed by atoms with Crippen LogP contribution in [0.4, 0.5) is 5.69 Å². The molecule has 0 aliphatic heterocycles. The van der Waals surface area contributed by atoms with Crippen molar-refractivity contribution in [3.05, 3.63) is 29.8 Å². The fraction of sp³-hybridized carbons (Fsp3) is 0.500. The summed E-state index contributed by atoms with van der Waals surface area (Å²) >= 11 is 0. The lowest BCUT2D eigenvalue weighted by molar-refractivity contribution is -0.122. The van der Waals surface area contributed by atoms with Gasteiger partial charge in [-0.05, 0) is 24.5 Å². The van der Waals surface area contributed by atoms with Crippen LogP contribution < -0.4 is 10.0 Å². The van der Waals surface area contributed by atoms with Gasteiger partial charge in [0.15, 0.2) is 0 Å². The molecule has 0 saturated carbocycles. The van der Waals surface area contributed by atoms with E-state index in [2.05, 4.69) is 10.0 Å². The first-order valence-electron chi connectivity index (χ1n) is 6.55. The Labute approximate surface area is 120 Å². The maximum absolute atomic E-state index is 11.8. The fourth-order valence-corrected chi connectivity index (χ4v) is 2.50. The van der Waals surface area contributed by atoms with E-state index in [9.17, 15) is 13.2 Å². The van der Waals surface area contributed by atoms with Crippen LogP contribution in [-0.4, -0.2) is 20.6 Å². The molecule has 0 aliphatic rings. The summed E-state index contributed by atoms with van der Waals surface area (Å²) in [5.41, 5.74) is 1.24. The molecule has 0 bridgehead atoms. The van der Waals surface area contributed by atoms with Crippen molar-refractivity contribution in [2.45, 2.75) is 33.2 Å². The third kappa shape index (κ3) is 5.61. The Morgan fingerprint density at radius 1 is 1.20 bits per heavy atom. The van der Waals surface area contributed by atoms with Gasteiger partial charge in [-0.1, -0.05) is 32.0 Å². The number of sulfonamides is 1. The van der Waals surface area contributed by atoms with Crippen molar-refractivity contribution in [2.24, 2.45) is 5.92 Å². The molecule has 0 heterocycles. The van der Waals surface area contributed by atoms with Crippen molar-refractivity contribution in [3.8, 4) is 0 Å². The van der Waals surface area contributed by atoms with Crippen LogP contribution in [0.3, 0.4) is 0 Å². The molecule has 0 aromatic heterocycles. The number of rotatable bonds is 6. The molecule has 1 atom stereocenters. The number of amides is 1. The number of hydrogen-bond acceptors (Lipinski definition) is 3. The molecule has 0 saturated heterocycles. The predicted octanol–water partition coefficient (Wildman–Crippen LogP) is 2.28. The number of anilines is 1. The highest BCUT2D eigenvalue weighted by Gasteiger charge is 2.15. The average molecular weight is 298 g/mol. The summed E-state index contributed by atoms with van der Waals surface area (Å²) in [7, 11) is -3.34. The summed E-state index contributed by atoms with van der Waals surface area (Å²) < 4.78 is 25.2. The minimum absolute atomic E-state index is 0.0401. The zero-order chi connectivity index (χ0) is 15.3. The van der Waals surface area contributed by atoms with E-state index >= 15 is 0 Å². The van der Waals surface area contributed by atoms with Crippen LogP contribution in [0.25, 0.3) is 0 Å². The summed E-state index contributed by atoms with van der Waals surface area (Å²) in [6.45, 7) is 5.79. The summed E-state index contributed by atoms with van der Waals surface area (Å²) in [5.74, 6) is 0.244. The van der Waals surface area contributed by atoms with Crippen molar-refractivity contribution < 1.29 is 13.2 Å². The second-order valence-corrected chi connectivity index (χ2v) is 7.10. The summed E-state index contributed by atoms with van der Waals surface area (Å²) in [6, 6.07) is 6.79. The summed E-state index contributed by atoms with van der Waals surface area (Å²) in [5, 5.41) is 2.88. The molecule has 2 N–H and O–H groups in total. The smallest absolute Gasteiger partial charge is 0.229 e. The van der Waals surface area contributed by atoms with Crippen molar-refractivity contribution in [3.63, 3.8) is 0 Å². The van der Waals surface area contributed by atoms with Gasteiger partial charge in [0.2, 0.25) is 15.9 Å². The van der Waals surface area contributed by atoms with Crippen molar-refractivity contribution in [1.29, 1.82) is 0 Å². The molecule has 6 heteroatoms. The normalized spacial score (nSPS) is 13.1. The highest BCUT2D eigenvalue weighted by Crippen LogP contribution is 2.23. The van der Waals surface area contributed by atoms with E-state index in [0.29, 0.717) is 12.1 Å². The molecule has 112 valence electrons. The van der Waals surface area contributed by atoms with Gasteiger partial charge in [0, 0.05) is 6.42 Å². The average Bonchev–Trinajstić information content (AvgIpc) is 2.25. The van der Waals surface area contributed by atoms with E-state index in [1.807, 2.05) is 26.8 Å². The van der Waals surface area contributed by atoms with Crippen LogP contribution >= 0.6 is 0 Å². The Morgan fingerprint density at radius 2 is 1.80 bits per heavy atom. The first-order chi connectivity index (χ1) is 9.19. The molecular weight excluding hydrogens is 276 g/mol. The zero-order valence-electron chi connectivity index (χ0n) is 12.3. The number of benzene rings is 1. The minimum Gasteiger partial charge on any atom is -0.349 e. The van der Waals surface area contributed by atoms with E-state index in [1.165, 1.54) is 0 Å².